The lowest BCUT2D eigenvalue weighted by Gasteiger charge is -2.30. The van der Waals surface area contributed by atoms with Gasteiger partial charge in [0.1, 0.15) is 28.7 Å². The Hall–Kier alpha value is -6.18. The molecule has 2 aromatic carbocycles. The zero-order chi connectivity index (χ0) is 37.5. The minimum atomic E-state index is -1.14. The summed E-state index contributed by atoms with van der Waals surface area (Å²) in [5.41, 5.74) is 4.00. The summed E-state index contributed by atoms with van der Waals surface area (Å²) < 4.78 is 20.9. The van der Waals surface area contributed by atoms with E-state index in [4.69, 9.17) is 18.9 Å². The van der Waals surface area contributed by atoms with Gasteiger partial charge in [0.2, 0.25) is 0 Å². The Morgan fingerprint density at radius 1 is 0.673 bits per heavy atom. The van der Waals surface area contributed by atoms with Crippen LogP contribution in [0.1, 0.15) is 63.9 Å². The number of hydrogen-bond donors (Lipinski definition) is 1. The molecule has 2 aliphatic heterocycles. The molecule has 4 aromatic rings. The van der Waals surface area contributed by atoms with Crippen LogP contribution >= 0.6 is 0 Å². The average molecular weight is 712 g/mol. The van der Waals surface area contributed by atoms with Crippen molar-refractivity contribution in [2.45, 2.75) is 25.9 Å². The first-order chi connectivity index (χ1) is 25.0. The van der Waals surface area contributed by atoms with Gasteiger partial charge >= 0.3 is 5.97 Å². The molecule has 272 valence electrons. The molecule has 0 bridgehead atoms. The van der Waals surface area contributed by atoms with Gasteiger partial charge in [0, 0.05) is 51.4 Å². The van der Waals surface area contributed by atoms with Crippen molar-refractivity contribution in [3.63, 3.8) is 0 Å². The standard InChI is InChI=1S/C20H23N3O4.C18H18N2O5/c1-22(2)20(25)18-15-9-10-23(12-13-5-7-14(26-3)8-6-13)19(24)17(15)16(27-4)11-21-18;1-24-12-5-3-11(4-6-12)10-20-8-7-13-15(17(20)21)14(25-2)9-19-16(13)18(22)23/h5-8,11H,9-10,12H2,1-4H3;3-6,9H,7-8,10H2,1-2H3,(H,22,23). The van der Waals surface area contributed by atoms with Gasteiger partial charge in [0.05, 0.1) is 52.0 Å². The van der Waals surface area contributed by atoms with Crippen molar-refractivity contribution >= 4 is 23.7 Å². The number of ether oxygens (including phenoxy) is 4. The van der Waals surface area contributed by atoms with Crippen molar-refractivity contribution in [1.29, 1.82) is 0 Å². The van der Waals surface area contributed by atoms with E-state index in [-0.39, 0.29) is 29.0 Å². The van der Waals surface area contributed by atoms with Crippen LogP contribution in [0.3, 0.4) is 0 Å². The third-order valence-corrected chi connectivity index (χ3v) is 8.87. The Labute approximate surface area is 301 Å². The molecule has 0 saturated heterocycles. The Morgan fingerprint density at radius 2 is 1.08 bits per heavy atom. The lowest BCUT2D eigenvalue weighted by Crippen LogP contribution is -2.39. The first-order valence-corrected chi connectivity index (χ1v) is 16.4. The smallest absolute Gasteiger partial charge is 0.354 e. The number of nitrogens with zero attached hydrogens (tertiary/aromatic N) is 5. The first-order valence-electron chi connectivity index (χ1n) is 16.4. The van der Waals surface area contributed by atoms with Gasteiger partial charge in [0.15, 0.2) is 5.69 Å². The third kappa shape index (κ3) is 7.75. The van der Waals surface area contributed by atoms with E-state index in [2.05, 4.69) is 9.97 Å². The number of methoxy groups -OCH3 is 4. The maximum absolute atomic E-state index is 13.1. The van der Waals surface area contributed by atoms with Crippen LogP contribution in [0, 0.1) is 0 Å². The molecule has 1 N–H and O–H groups in total. The molecule has 0 aliphatic carbocycles. The van der Waals surface area contributed by atoms with Gasteiger partial charge in [-0.15, -0.1) is 0 Å². The highest BCUT2D eigenvalue weighted by Crippen LogP contribution is 2.32. The molecule has 52 heavy (non-hydrogen) atoms. The van der Waals surface area contributed by atoms with Crippen molar-refractivity contribution in [2.75, 3.05) is 55.6 Å². The summed E-state index contributed by atoms with van der Waals surface area (Å²) in [6.45, 7) is 1.84. The molecule has 0 radical (unpaired) electrons. The number of carboxylic acids is 1. The number of benzene rings is 2. The van der Waals surface area contributed by atoms with Crippen LogP contribution in [0.25, 0.3) is 0 Å². The molecule has 2 aromatic heterocycles. The number of aromatic carboxylic acids is 1. The Bertz CT molecular complexity index is 1960. The number of amides is 3. The zero-order valence-corrected chi connectivity index (χ0v) is 30.0. The Morgan fingerprint density at radius 3 is 1.44 bits per heavy atom. The molecule has 3 amide bonds. The molecular formula is C38H41N5O9. The van der Waals surface area contributed by atoms with Gasteiger partial charge in [-0.25, -0.2) is 14.8 Å². The fraction of sp³-hybridized carbons (Fsp3) is 0.316. The Kier molecular flexibility index (Phi) is 11.6. The number of rotatable bonds is 10. The summed E-state index contributed by atoms with van der Waals surface area (Å²) in [6, 6.07) is 15.1. The van der Waals surface area contributed by atoms with Gasteiger partial charge in [-0.1, -0.05) is 24.3 Å². The van der Waals surface area contributed by atoms with E-state index in [0.29, 0.717) is 72.9 Å². The molecule has 4 heterocycles. The molecule has 0 fully saturated rings. The highest BCUT2D eigenvalue weighted by Gasteiger charge is 2.34. The molecule has 14 heteroatoms. The molecule has 2 aliphatic rings. The third-order valence-electron chi connectivity index (χ3n) is 8.87. The minimum Gasteiger partial charge on any atom is -0.497 e. The average Bonchev–Trinajstić information content (AvgIpc) is 3.16. The number of hydrogen-bond acceptors (Lipinski definition) is 10. The van der Waals surface area contributed by atoms with E-state index < -0.39 is 5.97 Å². The van der Waals surface area contributed by atoms with Gasteiger partial charge in [-0.05, 0) is 48.2 Å². The summed E-state index contributed by atoms with van der Waals surface area (Å²) in [7, 11) is 9.49. The van der Waals surface area contributed by atoms with Gasteiger partial charge < -0.3 is 38.8 Å². The monoisotopic (exact) mass is 711 g/mol. The highest BCUT2D eigenvalue weighted by atomic mass is 16.5. The van der Waals surface area contributed by atoms with Crippen LogP contribution in [-0.2, 0) is 25.9 Å². The van der Waals surface area contributed by atoms with Crippen LogP contribution in [0.15, 0.2) is 60.9 Å². The summed E-state index contributed by atoms with van der Waals surface area (Å²) in [5, 5.41) is 9.30. The summed E-state index contributed by atoms with van der Waals surface area (Å²) in [5.74, 6) is 0.444. The number of pyridine rings is 2. The Balaban J connectivity index is 0.000000202. The number of carboxylic acid groups (broad SMARTS) is 1. The van der Waals surface area contributed by atoms with Gasteiger partial charge in [0.25, 0.3) is 17.7 Å². The van der Waals surface area contributed by atoms with Crippen molar-refractivity contribution < 1.29 is 43.2 Å². The van der Waals surface area contributed by atoms with Crippen LogP contribution < -0.4 is 18.9 Å². The second kappa shape index (κ2) is 16.2. The normalized spacial score (nSPS) is 13.3. The SMILES string of the molecule is COc1ccc(CN2CCc3c(C(=O)N(C)C)ncc(OC)c3C2=O)cc1.COc1ccc(CN2CCc3c(C(=O)O)ncc(OC)c3C2=O)cc1. The first kappa shape index (κ1) is 37.1. The lowest BCUT2D eigenvalue weighted by molar-refractivity contribution is 0.0680. The van der Waals surface area contributed by atoms with E-state index in [1.807, 2.05) is 48.5 Å². The van der Waals surface area contributed by atoms with E-state index in [1.54, 1.807) is 38.1 Å². The zero-order valence-electron chi connectivity index (χ0n) is 30.0. The molecule has 0 saturated carbocycles. The molecule has 0 spiro atoms. The van der Waals surface area contributed by atoms with Crippen LogP contribution in [0.4, 0.5) is 0 Å². The lowest BCUT2D eigenvalue weighted by atomic mass is 9.96. The maximum atomic E-state index is 13.1. The number of aromatic nitrogens is 2. The summed E-state index contributed by atoms with van der Waals surface area (Å²) in [6.07, 6.45) is 3.71. The van der Waals surface area contributed by atoms with Crippen LogP contribution in [0.2, 0.25) is 0 Å². The van der Waals surface area contributed by atoms with Gasteiger partial charge in [-0.2, -0.15) is 0 Å². The van der Waals surface area contributed by atoms with Crippen molar-refractivity contribution in [1.82, 2.24) is 24.7 Å². The largest absolute Gasteiger partial charge is 0.497 e. The van der Waals surface area contributed by atoms with Crippen molar-refractivity contribution in [3.05, 3.63) is 106 Å². The fourth-order valence-corrected chi connectivity index (χ4v) is 6.13. The second-order valence-electron chi connectivity index (χ2n) is 12.2. The number of fused-ring (bicyclic) bond motifs is 2. The number of carbonyl (C=O) groups is 4. The van der Waals surface area contributed by atoms with E-state index in [0.717, 1.165) is 22.6 Å². The van der Waals surface area contributed by atoms with Crippen LogP contribution in [-0.4, -0.2) is 109 Å². The van der Waals surface area contributed by atoms with Gasteiger partial charge in [-0.3, -0.25) is 14.4 Å². The molecule has 6 rings (SSSR count). The quantitative estimate of drug-likeness (QED) is 0.253. The second-order valence-corrected chi connectivity index (χ2v) is 12.2. The fourth-order valence-electron chi connectivity index (χ4n) is 6.13. The highest BCUT2D eigenvalue weighted by molar-refractivity contribution is 6.04. The predicted octanol–water partition coefficient (Wildman–Crippen LogP) is 3.99. The predicted molar refractivity (Wildman–Crippen MR) is 189 cm³/mol. The molecule has 0 atom stereocenters. The minimum absolute atomic E-state index is 0.0896. The van der Waals surface area contributed by atoms with E-state index in [9.17, 15) is 24.3 Å². The summed E-state index contributed by atoms with van der Waals surface area (Å²) >= 11 is 0. The molecule has 14 nitrogen and oxygen atoms in total. The summed E-state index contributed by atoms with van der Waals surface area (Å²) in [4.78, 5) is 62.9. The number of carbonyl (C=O) groups excluding carboxylic acids is 3. The molecular weight excluding hydrogens is 670 g/mol. The maximum Gasteiger partial charge on any atom is 0.354 e. The molecule has 0 unspecified atom stereocenters. The van der Waals surface area contributed by atoms with Crippen molar-refractivity contribution in [3.8, 4) is 23.0 Å². The topological polar surface area (TPSA) is 161 Å². The van der Waals surface area contributed by atoms with E-state index >= 15 is 0 Å². The van der Waals surface area contributed by atoms with Crippen LogP contribution in [0.5, 0.6) is 23.0 Å². The van der Waals surface area contributed by atoms with Crippen molar-refractivity contribution in [2.24, 2.45) is 0 Å². The van der Waals surface area contributed by atoms with E-state index in [1.165, 1.54) is 31.5 Å².